The van der Waals surface area contributed by atoms with E-state index in [4.69, 9.17) is 16.7 Å². The fourth-order valence-corrected chi connectivity index (χ4v) is 1.49. The summed E-state index contributed by atoms with van der Waals surface area (Å²) in [7, 11) is 0. The smallest absolute Gasteiger partial charge is 0.303 e. The lowest BCUT2D eigenvalue weighted by Crippen LogP contribution is -2.16. The molecule has 1 rings (SSSR count). The maximum atomic E-state index is 12.7. The van der Waals surface area contributed by atoms with E-state index in [1.54, 1.807) is 6.07 Å². The van der Waals surface area contributed by atoms with Crippen molar-refractivity contribution in [2.45, 2.75) is 19.4 Å². The summed E-state index contributed by atoms with van der Waals surface area (Å²) in [5.74, 6) is -1.17. The molecule has 0 aromatic heterocycles. The molecule has 0 amide bonds. The van der Waals surface area contributed by atoms with E-state index in [0.29, 0.717) is 24.5 Å². The lowest BCUT2D eigenvalue weighted by molar-refractivity contribution is -0.137. The van der Waals surface area contributed by atoms with Crippen molar-refractivity contribution >= 4 is 30.0 Å². The van der Waals surface area contributed by atoms with Crippen molar-refractivity contribution in [2.75, 3.05) is 6.54 Å². The molecule has 96 valence electrons. The van der Waals surface area contributed by atoms with Crippen molar-refractivity contribution in [1.82, 2.24) is 5.32 Å². The number of hydrogen-bond donors (Lipinski definition) is 2. The highest BCUT2D eigenvalue weighted by Gasteiger charge is 2.01. The number of aliphatic carboxylic acids is 1. The SMILES string of the molecule is Cl.O=C(O)CCCNCc1ccc(F)cc1Cl. The van der Waals surface area contributed by atoms with Gasteiger partial charge in [0.1, 0.15) is 5.82 Å². The van der Waals surface area contributed by atoms with Gasteiger partial charge in [0.2, 0.25) is 0 Å². The van der Waals surface area contributed by atoms with Crippen LogP contribution in [0.25, 0.3) is 0 Å². The molecule has 0 spiro atoms. The monoisotopic (exact) mass is 281 g/mol. The normalized spacial score (nSPS) is 9.76. The van der Waals surface area contributed by atoms with Gasteiger partial charge in [-0.05, 0) is 30.7 Å². The second-order valence-corrected chi connectivity index (χ2v) is 3.82. The Morgan fingerprint density at radius 1 is 1.47 bits per heavy atom. The van der Waals surface area contributed by atoms with Crippen LogP contribution in [0.3, 0.4) is 0 Å². The third-order valence-corrected chi connectivity index (χ3v) is 2.43. The Labute approximate surface area is 110 Å². The number of carbonyl (C=O) groups is 1. The van der Waals surface area contributed by atoms with Crippen LogP contribution in [0.15, 0.2) is 18.2 Å². The van der Waals surface area contributed by atoms with Gasteiger partial charge >= 0.3 is 5.97 Å². The van der Waals surface area contributed by atoms with Gasteiger partial charge in [0.25, 0.3) is 0 Å². The number of hydrogen-bond acceptors (Lipinski definition) is 2. The van der Waals surface area contributed by atoms with Gasteiger partial charge in [-0.3, -0.25) is 4.79 Å². The Morgan fingerprint density at radius 2 is 2.18 bits per heavy atom. The summed E-state index contributed by atoms with van der Waals surface area (Å²) in [6.07, 6.45) is 0.707. The highest BCUT2D eigenvalue weighted by Crippen LogP contribution is 2.16. The van der Waals surface area contributed by atoms with Gasteiger partial charge in [-0.15, -0.1) is 12.4 Å². The Hall–Kier alpha value is -0.840. The van der Waals surface area contributed by atoms with Gasteiger partial charge in [-0.25, -0.2) is 4.39 Å². The molecule has 0 radical (unpaired) electrons. The number of carboxylic acid groups (broad SMARTS) is 1. The van der Waals surface area contributed by atoms with Crippen molar-refractivity contribution in [3.63, 3.8) is 0 Å². The van der Waals surface area contributed by atoms with E-state index in [2.05, 4.69) is 5.32 Å². The largest absolute Gasteiger partial charge is 0.481 e. The molecular weight excluding hydrogens is 268 g/mol. The summed E-state index contributed by atoms with van der Waals surface area (Å²) < 4.78 is 12.7. The second kappa shape index (κ2) is 8.28. The van der Waals surface area contributed by atoms with Crippen LogP contribution in [0, 0.1) is 5.82 Å². The zero-order valence-corrected chi connectivity index (χ0v) is 10.7. The van der Waals surface area contributed by atoms with Crippen molar-refractivity contribution in [1.29, 1.82) is 0 Å². The predicted molar refractivity (Wildman–Crippen MR) is 67.2 cm³/mol. The predicted octanol–water partition coefficient (Wildman–Crippen LogP) is 2.86. The van der Waals surface area contributed by atoms with E-state index in [0.717, 1.165) is 5.56 Å². The summed E-state index contributed by atoms with van der Waals surface area (Å²) in [6.45, 7) is 1.11. The van der Waals surface area contributed by atoms with Crippen LogP contribution in [0.1, 0.15) is 18.4 Å². The minimum Gasteiger partial charge on any atom is -0.481 e. The minimum atomic E-state index is -0.804. The van der Waals surface area contributed by atoms with Crippen LogP contribution in [0.4, 0.5) is 4.39 Å². The van der Waals surface area contributed by atoms with Crippen molar-refractivity contribution in [2.24, 2.45) is 0 Å². The van der Waals surface area contributed by atoms with Gasteiger partial charge in [-0.2, -0.15) is 0 Å². The van der Waals surface area contributed by atoms with E-state index in [1.165, 1.54) is 12.1 Å². The third kappa shape index (κ3) is 6.46. The van der Waals surface area contributed by atoms with Gasteiger partial charge in [0.05, 0.1) is 0 Å². The van der Waals surface area contributed by atoms with Crippen LogP contribution in [-0.2, 0) is 11.3 Å². The average Bonchev–Trinajstić information content (AvgIpc) is 2.20. The maximum Gasteiger partial charge on any atom is 0.303 e. The molecule has 0 unspecified atom stereocenters. The third-order valence-electron chi connectivity index (χ3n) is 2.07. The molecule has 0 bridgehead atoms. The quantitative estimate of drug-likeness (QED) is 0.789. The van der Waals surface area contributed by atoms with E-state index >= 15 is 0 Å². The van der Waals surface area contributed by atoms with Crippen LogP contribution in [0.2, 0.25) is 5.02 Å². The lowest BCUT2D eigenvalue weighted by Gasteiger charge is -2.05. The Morgan fingerprint density at radius 3 is 2.76 bits per heavy atom. The second-order valence-electron chi connectivity index (χ2n) is 3.41. The Balaban J connectivity index is 0.00000256. The molecule has 0 aliphatic carbocycles. The number of rotatable bonds is 6. The molecular formula is C11H14Cl2FNO2. The first-order valence-corrected chi connectivity index (χ1v) is 5.34. The standard InChI is InChI=1S/C11H13ClFNO2.ClH/c12-10-6-9(13)4-3-8(10)7-14-5-1-2-11(15)16;/h3-4,6,14H,1-2,5,7H2,(H,15,16);1H. The van der Waals surface area contributed by atoms with Crippen LogP contribution >= 0.6 is 24.0 Å². The number of nitrogens with one attached hydrogen (secondary N) is 1. The van der Waals surface area contributed by atoms with Crippen molar-refractivity contribution in [3.8, 4) is 0 Å². The molecule has 2 N–H and O–H groups in total. The molecule has 0 heterocycles. The summed E-state index contributed by atoms with van der Waals surface area (Å²) in [4.78, 5) is 10.2. The van der Waals surface area contributed by atoms with Crippen molar-refractivity contribution < 1.29 is 14.3 Å². The van der Waals surface area contributed by atoms with Crippen LogP contribution in [0.5, 0.6) is 0 Å². The van der Waals surface area contributed by atoms with Gasteiger partial charge < -0.3 is 10.4 Å². The Kier molecular flexibility index (Phi) is 7.87. The molecule has 0 saturated heterocycles. The summed E-state index contributed by atoms with van der Waals surface area (Å²) in [6, 6.07) is 4.22. The van der Waals surface area contributed by atoms with Crippen molar-refractivity contribution in [3.05, 3.63) is 34.6 Å². The first-order valence-electron chi connectivity index (χ1n) is 4.96. The topological polar surface area (TPSA) is 49.3 Å². The maximum absolute atomic E-state index is 12.7. The summed E-state index contributed by atoms with van der Waals surface area (Å²) in [5, 5.41) is 11.8. The fraction of sp³-hybridized carbons (Fsp3) is 0.364. The van der Waals surface area contributed by atoms with E-state index in [9.17, 15) is 9.18 Å². The van der Waals surface area contributed by atoms with Gasteiger partial charge in [0.15, 0.2) is 0 Å². The molecule has 0 aliphatic rings. The minimum absolute atomic E-state index is 0. The van der Waals surface area contributed by atoms with Gasteiger partial charge in [0, 0.05) is 18.0 Å². The molecule has 6 heteroatoms. The lowest BCUT2D eigenvalue weighted by atomic mass is 10.2. The van der Waals surface area contributed by atoms with Crippen LogP contribution in [-0.4, -0.2) is 17.6 Å². The molecule has 0 atom stereocenters. The van der Waals surface area contributed by atoms with Crippen LogP contribution < -0.4 is 5.32 Å². The molecule has 1 aromatic rings. The number of halogens is 3. The first-order chi connectivity index (χ1) is 7.59. The first kappa shape index (κ1) is 16.2. The highest BCUT2D eigenvalue weighted by atomic mass is 35.5. The molecule has 0 saturated carbocycles. The molecule has 3 nitrogen and oxygen atoms in total. The number of carboxylic acids is 1. The van der Waals surface area contributed by atoms with E-state index in [1.807, 2.05) is 0 Å². The summed E-state index contributed by atoms with van der Waals surface area (Å²) >= 11 is 5.82. The highest BCUT2D eigenvalue weighted by molar-refractivity contribution is 6.31. The van der Waals surface area contributed by atoms with E-state index in [-0.39, 0.29) is 24.6 Å². The zero-order chi connectivity index (χ0) is 12.0. The number of benzene rings is 1. The molecule has 1 aromatic carbocycles. The Bertz CT molecular complexity index is 374. The van der Waals surface area contributed by atoms with Gasteiger partial charge in [-0.1, -0.05) is 17.7 Å². The molecule has 17 heavy (non-hydrogen) atoms. The average molecular weight is 282 g/mol. The summed E-state index contributed by atoms with van der Waals surface area (Å²) in [5.41, 5.74) is 0.804. The molecule has 0 aliphatic heterocycles. The molecule has 0 fully saturated rings. The fourth-order valence-electron chi connectivity index (χ4n) is 1.25. The van der Waals surface area contributed by atoms with E-state index < -0.39 is 5.97 Å². The zero-order valence-electron chi connectivity index (χ0n) is 9.08.